The van der Waals surface area contributed by atoms with E-state index in [1.807, 2.05) is 4.90 Å². The van der Waals surface area contributed by atoms with Crippen LogP contribution < -0.4 is 5.32 Å². The highest BCUT2D eigenvalue weighted by molar-refractivity contribution is 7.10. The number of benzene rings is 1. The largest absolute Gasteiger partial charge is 0.505 e. The van der Waals surface area contributed by atoms with Gasteiger partial charge in [-0.15, -0.1) is 36.2 Å². The highest BCUT2D eigenvalue weighted by atomic mass is 35.5. The summed E-state index contributed by atoms with van der Waals surface area (Å²) < 4.78 is 54.3. The Morgan fingerprint density at radius 3 is 2.31 bits per heavy atom. The number of hydrogen-bond acceptors (Lipinski definition) is 4. The summed E-state index contributed by atoms with van der Waals surface area (Å²) in [7, 11) is 0. The summed E-state index contributed by atoms with van der Waals surface area (Å²) in [6, 6.07) is 3.97. The molecule has 1 aromatic heterocycles. The lowest BCUT2D eigenvalue weighted by Crippen LogP contribution is -2.45. The summed E-state index contributed by atoms with van der Waals surface area (Å²) in [5.74, 6) is -1.98. The van der Waals surface area contributed by atoms with Gasteiger partial charge in [-0.3, -0.25) is 4.90 Å². The molecule has 1 atom stereocenters. The summed E-state index contributed by atoms with van der Waals surface area (Å²) in [5, 5.41) is 15.0. The van der Waals surface area contributed by atoms with E-state index in [1.165, 1.54) is 11.3 Å². The van der Waals surface area contributed by atoms with Gasteiger partial charge in [0.2, 0.25) is 0 Å². The van der Waals surface area contributed by atoms with Crippen molar-refractivity contribution in [2.24, 2.45) is 0 Å². The fourth-order valence-corrected chi connectivity index (χ4v) is 3.86. The number of nitrogens with zero attached hydrogens (tertiary/aromatic N) is 1. The number of nitrogens with one attached hydrogen (secondary N) is 1. The highest BCUT2D eigenvalue weighted by Crippen LogP contribution is 2.45. The van der Waals surface area contributed by atoms with Crippen molar-refractivity contribution in [3.05, 3.63) is 51.5 Å². The van der Waals surface area contributed by atoms with Crippen LogP contribution in [0.1, 0.15) is 22.0 Å². The molecule has 1 saturated heterocycles. The molecule has 1 aromatic carbocycles. The number of piperazine rings is 1. The molecule has 26 heavy (non-hydrogen) atoms. The summed E-state index contributed by atoms with van der Waals surface area (Å²) in [5.41, 5.74) is -1.41. The van der Waals surface area contributed by atoms with E-state index < -0.39 is 34.9 Å². The van der Waals surface area contributed by atoms with Crippen LogP contribution in [0.5, 0.6) is 5.75 Å². The number of aromatic hydroxyl groups is 1. The molecule has 0 unspecified atom stereocenters. The van der Waals surface area contributed by atoms with Crippen molar-refractivity contribution in [3.8, 4) is 5.75 Å². The number of hydrogen-bond donors (Lipinski definition) is 2. The molecule has 0 bridgehead atoms. The quantitative estimate of drug-likeness (QED) is 0.703. The van der Waals surface area contributed by atoms with Crippen LogP contribution in [0.2, 0.25) is 0 Å². The Morgan fingerprint density at radius 2 is 1.77 bits per heavy atom. The van der Waals surface area contributed by atoms with Crippen LogP contribution in [0, 0.1) is 5.82 Å². The molecular formula is C16H18Cl2F4N2OS. The summed E-state index contributed by atoms with van der Waals surface area (Å²) >= 11 is 1.29. The van der Waals surface area contributed by atoms with Crippen molar-refractivity contribution in [2.45, 2.75) is 12.2 Å². The number of phenolic OH excluding ortho intramolecular Hbond substituents is 1. The van der Waals surface area contributed by atoms with Crippen molar-refractivity contribution in [2.75, 3.05) is 26.2 Å². The highest BCUT2D eigenvalue weighted by Gasteiger charge is 2.40. The van der Waals surface area contributed by atoms with Gasteiger partial charge in [-0.2, -0.15) is 13.2 Å². The van der Waals surface area contributed by atoms with Crippen LogP contribution in [0.4, 0.5) is 17.6 Å². The average Bonchev–Trinajstić information content (AvgIpc) is 3.06. The van der Waals surface area contributed by atoms with Gasteiger partial charge in [0.15, 0.2) is 11.6 Å². The molecule has 3 nitrogen and oxygen atoms in total. The second-order valence-electron chi connectivity index (χ2n) is 5.56. The Labute approximate surface area is 164 Å². The van der Waals surface area contributed by atoms with Crippen LogP contribution in [0.15, 0.2) is 29.6 Å². The normalized spacial score (nSPS) is 16.5. The van der Waals surface area contributed by atoms with Gasteiger partial charge in [-0.1, -0.05) is 6.07 Å². The molecule has 2 aromatic rings. The second kappa shape index (κ2) is 9.23. The molecule has 0 saturated carbocycles. The third-order valence-electron chi connectivity index (χ3n) is 4.08. The van der Waals surface area contributed by atoms with Gasteiger partial charge in [0.25, 0.3) is 0 Å². The number of rotatable bonds is 3. The lowest BCUT2D eigenvalue weighted by molar-refractivity contribution is -0.138. The molecule has 146 valence electrons. The molecule has 3 rings (SSSR count). The number of alkyl halides is 3. The van der Waals surface area contributed by atoms with Crippen LogP contribution in [-0.2, 0) is 6.18 Å². The maximum Gasteiger partial charge on any atom is 0.416 e. The standard InChI is InChI=1S/C16H16F4N2OS.2ClH/c17-11-4-3-10(16(18,19)20)13(15(11)23)14(12-2-1-9-24-12)22-7-5-21-6-8-22;;/h1-4,9,14,21,23H,5-8H2;2*1H/t14-;;/m1../s1. The van der Waals surface area contributed by atoms with Gasteiger partial charge >= 0.3 is 6.18 Å². The first kappa shape index (κ1) is 23.0. The number of phenols is 1. The number of thiophene rings is 1. The van der Waals surface area contributed by atoms with Crippen LogP contribution in [-0.4, -0.2) is 36.2 Å². The Morgan fingerprint density at radius 1 is 1.12 bits per heavy atom. The first-order valence-corrected chi connectivity index (χ1v) is 8.34. The van der Waals surface area contributed by atoms with Gasteiger partial charge in [0.05, 0.1) is 11.6 Å². The lowest BCUT2D eigenvalue weighted by Gasteiger charge is -2.36. The van der Waals surface area contributed by atoms with Gasteiger partial charge in [0.1, 0.15) is 0 Å². The first-order valence-electron chi connectivity index (χ1n) is 7.46. The van der Waals surface area contributed by atoms with E-state index in [2.05, 4.69) is 5.32 Å². The summed E-state index contributed by atoms with van der Waals surface area (Å²) in [4.78, 5) is 2.48. The molecule has 0 aliphatic carbocycles. The molecule has 0 spiro atoms. The van der Waals surface area contributed by atoms with Crippen LogP contribution in [0.25, 0.3) is 0 Å². The molecule has 1 aliphatic rings. The van der Waals surface area contributed by atoms with Crippen molar-refractivity contribution < 1.29 is 22.7 Å². The molecule has 2 N–H and O–H groups in total. The molecule has 1 aliphatic heterocycles. The van der Waals surface area contributed by atoms with Gasteiger partial charge in [0, 0.05) is 36.6 Å². The maximum absolute atomic E-state index is 13.9. The van der Waals surface area contributed by atoms with E-state index in [-0.39, 0.29) is 24.8 Å². The second-order valence-corrected chi connectivity index (χ2v) is 6.54. The predicted octanol–water partition coefficient (Wildman–Crippen LogP) is 4.45. The van der Waals surface area contributed by atoms with Gasteiger partial charge in [-0.05, 0) is 23.6 Å². The smallest absolute Gasteiger partial charge is 0.416 e. The van der Waals surface area contributed by atoms with E-state index in [9.17, 15) is 22.7 Å². The zero-order valence-corrected chi connectivity index (χ0v) is 15.9. The Bertz CT molecular complexity index is 707. The fourth-order valence-electron chi connectivity index (χ4n) is 3.00. The molecule has 0 radical (unpaired) electrons. The minimum absolute atomic E-state index is 0. The zero-order valence-electron chi connectivity index (χ0n) is 13.4. The fraction of sp³-hybridized carbons (Fsp3) is 0.375. The van der Waals surface area contributed by atoms with Crippen molar-refractivity contribution >= 4 is 36.2 Å². The maximum atomic E-state index is 13.9. The zero-order chi connectivity index (χ0) is 17.3. The van der Waals surface area contributed by atoms with Crippen molar-refractivity contribution in [3.63, 3.8) is 0 Å². The van der Waals surface area contributed by atoms with E-state index >= 15 is 0 Å². The van der Waals surface area contributed by atoms with Crippen LogP contribution in [0.3, 0.4) is 0 Å². The number of halogens is 6. The van der Waals surface area contributed by atoms with E-state index in [4.69, 9.17) is 0 Å². The average molecular weight is 433 g/mol. The topological polar surface area (TPSA) is 35.5 Å². The Kier molecular flexibility index (Phi) is 8.16. The third-order valence-corrected chi connectivity index (χ3v) is 5.00. The Balaban J connectivity index is 0.00000169. The Hall–Kier alpha value is -1.06. The van der Waals surface area contributed by atoms with Gasteiger partial charge in [-0.25, -0.2) is 4.39 Å². The third kappa shape index (κ3) is 4.61. The van der Waals surface area contributed by atoms with Gasteiger partial charge < -0.3 is 10.4 Å². The molecular weight excluding hydrogens is 415 g/mol. The first-order chi connectivity index (χ1) is 11.4. The van der Waals surface area contributed by atoms with E-state index in [0.717, 1.165) is 0 Å². The SMILES string of the molecule is Cl.Cl.Oc1c(F)ccc(C(F)(F)F)c1[C@@H](c1cccs1)N1CCNCC1. The minimum atomic E-state index is -4.68. The molecule has 0 amide bonds. The van der Waals surface area contributed by atoms with Crippen molar-refractivity contribution in [1.82, 2.24) is 10.2 Å². The van der Waals surface area contributed by atoms with Crippen LogP contribution >= 0.6 is 36.2 Å². The van der Waals surface area contributed by atoms with Crippen molar-refractivity contribution in [1.29, 1.82) is 0 Å². The molecule has 2 heterocycles. The monoisotopic (exact) mass is 432 g/mol. The molecule has 10 heteroatoms. The predicted molar refractivity (Wildman–Crippen MR) is 98.2 cm³/mol. The minimum Gasteiger partial charge on any atom is -0.505 e. The van der Waals surface area contributed by atoms with E-state index in [0.29, 0.717) is 43.2 Å². The summed E-state index contributed by atoms with van der Waals surface area (Å²) in [6.45, 7) is 2.27. The molecule has 1 fully saturated rings. The van der Waals surface area contributed by atoms with E-state index in [1.54, 1.807) is 17.5 Å². The lowest BCUT2D eigenvalue weighted by atomic mass is 9.95. The summed E-state index contributed by atoms with van der Waals surface area (Å²) in [6.07, 6.45) is -4.68.